The number of hydrogen-bond acceptors (Lipinski definition) is 3. The average molecular weight is 400 g/mol. The van der Waals surface area contributed by atoms with Crippen LogP contribution < -0.4 is 10.6 Å². The highest BCUT2D eigenvalue weighted by atomic mass is 35.5. The first-order valence-electron chi connectivity index (χ1n) is 10.1. The molecule has 1 aromatic heterocycles. The molecule has 0 spiro atoms. The van der Waals surface area contributed by atoms with Crippen molar-refractivity contribution < 1.29 is 0 Å². The molecule has 1 saturated heterocycles. The lowest BCUT2D eigenvalue weighted by Gasteiger charge is -2.32. The van der Waals surface area contributed by atoms with Crippen molar-refractivity contribution in [2.24, 2.45) is 10.9 Å². The number of benzene rings is 1. The van der Waals surface area contributed by atoms with Gasteiger partial charge in [0.1, 0.15) is 0 Å². The molecule has 0 atom stereocenters. The minimum Gasteiger partial charge on any atom is -0.357 e. The quantitative estimate of drug-likeness (QED) is 0.550. The van der Waals surface area contributed by atoms with Crippen LogP contribution in [0.15, 0.2) is 53.7 Å². The largest absolute Gasteiger partial charge is 0.357 e. The van der Waals surface area contributed by atoms with Crippen LogP contribution in [-0.2, 0) is 13.1 Å². The average Bonchev–Trinajstić information content (AvgIpc) is 2.73. The standard InChI is InChI=1S/C22H30ClN5/c1-2-24-22(27-16-20-8-5-6-12-25-20)26-15-18-10-13-28(14-11-18)17-19-7-3-4-9-21(19)23/h3-9,12,18H,2,10-11,13-17H2,1H3,(H2,24,26,27). The Morgan fingerprint density at radius 1 is 1.14 bits per heavy atom. The molecular weight excluding hydrogens is 370 g/mol. The summed E-state index contributed by atoms with van der Waals surface area (Å²) >= 11 is 6.30. The molecule has 5 nitrogen and oxygen atoms in total. The van der Waals surface area contributed by atoms with Crippen molar-refractivity contribution in [3.05, 3.63) is 64.9 Å². The number of likely N-dealkylation sites (tertiary alicyclic amines) is 1. The fourth-order valence-electron chi connectivity index (χ4n) is 3.45. The third-order valence-corrected chi connectivity index (χ3v) is 5.46. The summed E-state index contributed by atoms with van der Waals surface area (Å²) in [5.74, 6) is 1.54. The highest BCUT2D eigenvalue weighted by Gasteiger charge is 2.20. The Balaban J connectivity index is 1.43. The van der Waals surface area contributed by atoms with E-state index in [4.69, 9.17) is 11.6 Å². The number of aliphatic imine (C=N–C) groups is 1. The molecule has 0 aliphatic carbocycles. The Kier molecular flexibility index (Phi) is 8.12. The third-order valence-electron chi connectivity index (χ3n) is 5.09. The second kappa shape index (κ2) is 11.0. The fraction of sp³-hybridized carbons (Fsp3) is 0.455. The van der Waals surface area contributed by atoms with Crippen molar-refractivity contribution in [2.45, 2.75) is 32.9 Å². The molecule has 0 bridgehead atoms. The van der Waals surface area contributed by atoms with E-state index < -0.39 is 0 Å². The SMILES string of the molecule is CCNC(=NCc1ccccn1)NCC1CCN(Cc2ccccc2Cl)CC1. The van der Waals surface area contributed by atoms with Gasteiger partial charge in [-0.1, -0.05) is 35.9 Å². The van der Waals surface area contributed by atoms with Crippen molar-refractivity contribution in [2.75, 3.05) is 26.2 Å². The minimum atomic E-state index is 0.590. The van der Waals surface area contributed by atoms with Crippen LogP contribution in [0.3, 0.4) is 0 Å². The maximum atomic E-state index is 6.30. The predicted molar refractivity (Wildman–Crippen MR) is 117 cm³/mol. The first kappa shape index (κ1) is 20.6. The van der Waals surface area contributed by atoms with Gasteiger partial charge in [0.25, 0.3) is 0 Å². The van der Waals surface area contributed by atoms with Crippen LogP contribution in [0, 0.1) is 5.92 Å². The van der Waals surface area contributed by atoms with Crippen LogP contribution in [0.1, 0.15) is 31.0 Å². The van der Waals surface area contributed by atoms with Gasteiger partial charge < -0.3 is 10.6 Å². The molecule has 28 heavy (non-hydrogen) atoms. The van der Waals surface area contributed by atoms with Gasteiger partial charge in [0, 0.05) is 30.9 Å². The van der Waals surface area contributed by atoms with Crippen LogP contribution in [0.25, 0.3) is 0 Å². The van der Waals surface area contributed by atoms with Gasteiger partial charge in [-0.15, -0.1) is 0 Å². The van der Waals surface area contributed by atoms with E-state index in [9.17, 15) is 0 Å². The van der Waals surface area contributed by atoms with Crippen molar-refractivity contribution in [3.63, 3.8) is 0 Å². The van der Waals surface area contributed by atoms with E-state index in [0.717, 1.165) is 49.4 Å². The molecule has 2 heterocycles. The molecule has 150 valence electrons. The molecule has 1 aliphatic rings. The smallest absolute Gasteiger partial charge is 0.191 e. The molecule has 3 rings (SSSR count). The topological polar surface area (TPSA) is 52.6 Å². The molecular formula is C22H30ClN5. The number of hydrogen-bond donors (Lipinski definition) is 2. The molecule has 0 radical (unpaired) electrons. The molecule has 6 heteroatoms. The van der Waals surface area contributed by atoms with E-state index in [1.54, 1.807) is 0 Å². The summed E-state index contributed by atoms with van der Waals surface area (Å²) in [6, 6.07) is 14.1. The number of aromatic nitrogens is 1. The molecule has 0 unspecified atom stereocenters. The summed E-state index contributed by atoms with van der Waals surface area (Å²) < 4.78 is 0. The molecule has 0 amide bonds. The maximum absolute atomic E-state index is 6.30. The molecule has 0 saturated carbocycles. The predicted octanol–water partition coefficient (Wildman–Crippen LogP) is 3.70. The van der Waals surface area contributed by atoms with E-state index >= 15 is 0 Å². The molecule has 2 aromatic rings. The zero-order valence-electron chi connectivity index (χ0n) is 16.6. The number of nitrogens with one attached hydrogen (secondary N) is 2. The summed E-state index contributed by atoms with van der Waals surface area (Å²) in [7, 11) is 0. The van der Waals surface area contributed by atoms with E-state index in [1.807, 2.05) is 36.5 Å². The first-order valence-corrected chi connectivity index (χ1v) is 10.5. The first-order chi connectivity index (χ1) is 13.7. The number of guanidine groups is 1. The van der Waals surface area contributed by atoms with E-state index in [-0.39, 0.29) is 0 Å². The number of piperidine rings is 1. The summed E-state index contributed by atoms with van der Waals surface area (Å²) in [6.45, 7) is 7.64. The monoisotopic (exact) mass is 399 g/mol. The summed E-state index contributed by atoms with van der Waals surface area (Å²) in [6.07, 6.45) is 4.19. The molecule has 1 fully saturated rings. The second-order valence-corrected chi connectivity index (χ2v) is 7.62. The zero-order valence-corrected chi connectivity index (χ0v) is 17.3. The maximum Gasteiger partial charge on any atom is 0.191 e. The Labute approximate surface area is 173 Å². The molecule has 1 aromatic carbocycles. The second-order valence-electron chi connectivity index (χ2n) is 7.21. The van der Waals surface area contributed by atoms with Crippen LogP contribution in [0.2, 0.25) is 5.02 Å². The normalized spacial score (nSPS) is 16.1. The lowest BCUT2D eigenvalue weighted by atomic mass is 9.96. The van der Waals surface area contributed by atoms with Crippen LogP contribution >= 0.6 is 11.6 Å². The van der Waals surface area contributed by atoms with Crippen LogP contribution in [-0.4, -0.2) is 42.0 Å². The third kappa shape index (κ3) is 6.50. The summed E-state index contributed by atoms with van der Waals surface area (Å²) in [5.41, 5.74) is 2.20. The Morgan fingerprint density at radius 2 is 1.93 bits per heavy atom. The van der Waals surface area contributed by atoms with Crippen molar-refractivity contribution in [3.8, 4) is 0 Å². The highest BCUT2D eigenvalue weighted by molar-refractivity contribution is 6.31. The van der Waals surface area contributed by atoms with E-state index in [0.29, 0.717) is 12.5 Å². The Hall–Kier alpha value is -2.11. The van der Waals surface area contributed by atoms with Gasteiger partial charge in [0.2, 0.25) is 0 Å². The fourth-order valence-corrected chi connectivity index (χ4v) is 3.65. The van der Waals surface area contributed by atoms with Gasteiger partial charge in [-0.2, -0.15) is 0 Å². The minimum absolute atomic E-state index is 0.590. The van der Waals surface area contributed by atoms with Crippen LogP contribution in [0.5, 0.6) is 0 Å². The zero-order chi connectivity index (χ0) is 19.6. The molecule has 2 N–H and O–H groups in total. The Bertz CT molecular complexity index is 742. The lowest BCUT2D eigenvalue weighted by molar-refractivity contribution is 0.178. The van der Waals surface area contributed by atoms with E-state index in [1.165, 1.54) is 18.4 Å². The van der Waals surface area contributed by atoms with Gasteiger partial charge in [-0.25, -0.2) is 4.99 Å². The summed E-state index contributed by atoms with van der Waals surface area (Å²) in [5, 5.41) is 7.70. The number of rotatable bonds is 7. The van der Waals surface area contributed by atoms with Crippen molar-refractivity contribution >= 4 is 17.6 Å². The van der Waals surface area contributed by atoms with Crippen molar-refractivity contribution in [1.82, 2.24) is 20.5 Å². The van der Waals surface area contributed by atoms with Gasteiger partial charge in [-0.05, 0) is 62.5 Å². The van der Waals surface area contributed by atoms with Gasteiger partial charge in [0.15, 0.2) is 5.96 Å². The van der Waals surface area contributed by atoms with Gasteiger partial charge >= 0.3 is 0 Å². The highest BCUT2D eigenvalue weighted by Crippen LogP contribution is 2.21. The number of halogens is 1. The number of nitrogens with zero attached hydrogens (tertiary/aromatic N) is 3. The lowest BCUT2D eigenvalue weighted by Crippen LogP contribution is -2.42. The summed E-state index contributed by atoms with van der Waals surface area (Å²) in [4.78, 5) is 11.5. The van der Waals surface area contributed by atoms with Gasteiger partial charge in [0.05, 0.1) is 12.2 Å². The van der Waals surface area contributed by atoms with Crippen molar-refractivity contribution in [1.29, 1.82) is 0 Å². The molecule has 1 aliphatic heterocycles. The van der Waals surface area contributed by atoms with E-state index in [2.05, 4.69) is 44.6 Å². The van der Waals surface area contributed by atoms with Gasteiger partial charge in [-0.3, -0.25) is 9.88 Å². The Morgan fingerprint density at radius 3 is 2.64 bits per heavy atom. The number of pyridine rings is 1. The van der Waals surface area contributed by atoms with Crippen LogP contribution in [0.4, 0.5) is 0 Å².